The summed E-state index contributed by atoms with van der Waals surface area (Å²) in [5, 5.41) is 7.88. The first-order chi connectivity index (χ1) is 31.7. The molecule has 2 aliphatic rings. The van der Waals surface area contributed by atoms with Crippen LogP contribution in [-0.4, -0.2) is 115 Å². The van der Waals surface area contributed by atoms with Crippen LogP contribution >= 0.6 is 0 Å². The van der Waals surface area contributed by atoms with Crippen LogP contribution in [0.1, 0.15) is 103 Å². The Hall–Kier alpha value is -7.72. The number of esters is 2. The van der Waals surface area contributed by atoms with Gasteiger partial charge in [0.15, 0.2) is 11.6 Å². The van der Waals surface area contributed by atoms with Crippen molar-refractivity contribution in [2.75, 3.05) is 52.7 Å². The molecule has 0 fully saturated rings. The summed E-state index contributed by atoms with van der Waals surface area (Å²) in [6, 6.07) is 25.9. The third-order valence-corrected chi connectivity index (χ3v) is 9.35. The van der Waals surface area contributed by atoms with Crippen molar-refractivity contribution in [2.24, 2.45) is 0 Å². The number of allylic oxidation sites excluding steroid dienone is 2. The molecule has 0 aliphatic carbocycles. The quantitative estimate of drug-likeness (QED) is 0.0252. The third-order valence-electron chi connectivity index (χ3n) is 9.35. The van der Waals surface area contributed by atoms with E-state index in [0.717, 1.165) is 22.6 Å². The van der Waals surface area contributed by atoms with E-state index in [1.54, 1.807) is 111 Å². The number of aliphatic hydroxyl groups is 1. The molecule has 0 spiro atoms. The summed E-state index contributed by atoms with van der Waals surface area (Å²) in [7, 11) is 0. The summed E-state index contributed by atoms with van der Waals surface area (Å²) >= 11 is 0. The van der Waals surface area contributed by atoms with E-state index >= 15 is 0 Å². The van der Waals surface area contributed by atoms with Gasteiger partial charge in [0.1, 0.15) is 51.0 Å². The summed E-state index contributed by atoms with van der Waals surface area (Å²) < 4.78 is 26.4. The summed E-state index contributed by atoms with van der Waals surface area (Å²) in [6.07, 6.45) is 3.20. The lowest BCUT2D eigenvalue weighted by atomic mass is 10.1. The number of hydrogen-bond donors (Lipinski definition) is 1. The first-order valence-corrected chi connectivity index (χ1v) is 21.0. The highest BCUT2D eigenvalue weighted by Crippen LogP contribution is 2.24. The predicted octanol–water partition coefficient (Wildman–Crippen LogP) is 6.47. The van der Waals surface area contributed by atoms with Crippen LogP contribution in [0.5, 0.6) is 11.5 Å². The maximum atomic E-state index is 12.3. The topological polar surface area (TPSA) is 209 Å². The molecule has 2 heterocycles. The number of aliphatic hydroxyl groups excluding tert-OH is 1. The van der Waals surface area contributed by atoms with Gasteiger partial charge in [-0.05, 0) is 105 Å². The number of nitrogens with zero attached hydrogens (tertiary/aromatic N) is 2. The number of Topliss-reactive ketones (excluding diaryl/α,β-unsaturated/α-hetero) is 2. The molecule has 0 unspecified atom stereocenters. The van der Waals surface area contributed by atoms with Gasteiger partial charge < -0.3 is 28.8 Å². The van der Waals surface area contributed by atoms with E-state index in [4.69, 9.17) is 28.8 Å². The van der Waals surface area contributed by atoms with Gasteiger partial charge in [-0.15, -0.1) is 0 Å². The van der Waals surface area contributed by atoms with Gasteiger partial charge in [0.2, 0.25) is 0 Å². The average molecular weight is 905 g/mol. The van der Waals surface area contributed by atoms with Crippen molar-refractivity contribution in [3.8, 4) is 11.5 Å². The first kappa shape index (κ1) is 50.9. The number of carbonyl (C=O) groups excluding carboxylic acids is 8. The normalized spacial score (nSPS) is 12.5. The highest BCUT2D eigenvalue weighted by atomic mass is 16.6. The van der Waals surface area contributed by atoms with Crippen LogP contribution in [0.4, 0.5) is 0 Å². The predicted molar refractivity (Wildman–Crippen MR) is 240 cm³/mol. The molecular weight excluding hydrogens is 853 g/mol. The van der Waals surface area contributed by atoms with Gasteiger partial charge >= 0.3 is 11.9 Å². The fraction of sp³-hybridized carbons (Fsp3) is 0.280. The van der Waals surface area contributed by atoms with E-state index in [-0.39, 0.29) is 60.2 Å². The Labute approximate surface area is 382 Å². The van der Waals surface area contributed by atoms with Crippen molar-refractivity contribution in [3.63, 3.8) is 0 Å². The molecule has 2 aliphatic heterocycles. The lowest BCUT2D eigenvalue weighted by Gasteiger charge is -2.13. The number of fused-ring (bicyclic) bond motifs is 2. The molecule has 4 aromatic carbocycles. The van der Waals surface area contributed by atoms with E-state index in [9.17, 15) is 38.4 Å². The maximum Gasteiger partial charge on any atom is 0.326 e. The number of ether oxygens (including phenoxy) is 5. The third kappa shape index (κ3) is 14.1. The van der Waals surface area contributed by atoms with E-state index in [1.165, 1.54) is 6.26 Å². The molecule has 6 rings (SSSR count). The van der Waals surface area contributed by atoms with Gasteiger partial charge in [-0.1, -0.05) is 44.7 Å². The van der Waals surface area contributed by atoms with Crippen LogP contribution in [0.25, 0.3) is 0 Å². The summed E-state index contributed by atoms with van der Waals surface area (Å²) in [5.41, 5.74) is 3.08. The molecule has 0 aromatic heterocycles. The molecule has 0 saturated heterocycles. The minimum Gasteiger partial charge on any atom is -0.501 e. The summed E-state index contributed by atoms with van der Waals surface area (Å²) in [6.45, 7) is 10.9. The molecule has 0 radical (unpaired) electrons. The van der Waals surface area contributed by atoms with Gasteiger partial charge in [-0.2, -0.15) is 0 Å². The second-order valence-electron chi connectivity index (χ2n) is 14.5. The average Bonchev–Trinajstić information content (AvgIpc) is 3.71. The fourth-order valence-electron chi connectivity index (χ4n) is 5.98. The van der Waals surface area contributed by atoms with Crippen LogP contribution in [0.3, 0.4) is 0 Å². The number of ketones is 2. The largest absolute Gasteiger partial charge is 0.501 e. The van der Waals surface area contributed by atoms with Crippen molar-refractivity contribution >= 4 is 47.1 Å². The van der Waals surface area contributed by atoms with E-state index in [1.807, 2.05) is 13.8 Å². The minimum atomic E-state index is -0.707. The second kappa shape index (κ2) is 25.5. The van der Waals surface area contributed by atoms with Gasteiger partial charge in [-0.25, -0.2) is 0 Å². The first-order valence-electron chi connectivity index (χ1n) is 21.0. The number of imide groups is 2. The molecule has 346 valence electrons. The van der Waals surface area contributed by atoms with Gasteiger partial charge in [0, 0.05) is 23.3 Å². The molecule has 4 aromatic rings. The monoisotopic (exact) mass is 904 g/mol. The maximum absolute atomic E-state index is 12.3. The highest BCUT2D eigenvalue weighted by Gasteiger charge is 2.37. The SMILES string of the molecule is C=C(C)C(=O)c1ccc(OCCOC(=O)CN2C(=O)c3ccccc3C2=O)cc1.CCCO.CCCO/C=C(\C)C(=O)c1ccc(OCCOC(=O)CN2C(=O)c3ccccc3C2=O)cc1. The number of benzene rings is 4. The summed E-state index contributed by atoms with van der Waals surface area (Å²) in [5.74, 6) is -2.72. The lowest BCUT2D eigenvalue weighted by Crippen LogP contribution is -2.36. The molecular formula is C50H52N2O14. The van der Waals surface area contributed by atoms with Gasteiger partial charge in [0.25, 0.3) is 23.6 Å². The number of carbonyl (C=O) groups is 8. The van der Waals surface area contributed by atoms with Crippen molar-refractivity contribution < 1.29 is 67.1 Å². The summed E-state index contributed by atoms with van der Waals surface area (Å²) in [4.78, 5) is 98.9. The van der Waals surface area contributed by atoms with E-state index < -0.39 is 48.7 Å². The Morgan fingerprint density at radius 2 is 0.909 bits per heavy atom. The van der Waals surface area contributed by atoms with Crippen molar-refractivity contribution in [3.05, 3.63) is 154 Å². The Balaban J connectivity index is 0.000000269. The number of amides is 4. The number of rotatable bonds is 20. The molecule has 1 N–H and O–H groups in total. The van der Waals surface area contributed by atoms with Crippen LogP contribution in [0.2, 0.25) is 0 Å². The smallest absolute Gasteiger partial charge is 0.326 e. The van der Waals surface area contributed by atoms with Crippen molar-refractivity contribution in [1.82, 2.24) is 9.80 Å². The van der Waals surface area contributed by atoms with Crippen LogP contribution in [0, 0.1) is 0 Å². The highest BCUT2D eigenvalue weighted by molar-refractivity contribution is 6.23. The fourth-order valence-corrected chi connectivity index (χ4v) is 5.98. The van der Waals surface area contributed by atoms with Crippen molar-refractivity contribution in [2.45, 2.75) is 40.5 Å². The Morgan fingerprint density at radius 1 is 0.545 bits per heavy atom. The number of hydrogen-bond acceptors (Lipinski definition) is 14. The molecule has 0 atom stereocenters. The zero-order valence-electron chi connectivity index (χ0n) is 37.2. The minimum absolute atomic E-state index is 0.0472. The Kier molecular flexibility index (Phi) is 19.7. The second-order valence-corrected chi connectivity index (χ2v) is 14.5. The zero-order chi connectivity index (χ0) is 48.2. The van der Waals surface area contributed by atoms with Crippen LogP contribution < -0.4 is 9.47 Å². The standard InChI is InChI=1S/C25H25NO7.C22H19NO6.C3H8O/c1-3-12-31-16-17(2)23(28)18-8-10-19(11-9-18)32-13-14-33-22(27)15-26-24(29)20-6-4-5-7-21(20)25(26)30;1-14(2)20(25)15-7-9-16(10-8-15)28-11-12-29-19(24)13-23-21(26)17-5-3-4-6-18(17)22(23)27;1-2-3-4/h4-11,16H,3,12-15H2,1-2H3;3-10H,1,11-13H2,2H3;4H,2-3H2,1H3/b17-16+;;. The van der Waals surface area contributed by atoms with Gasteiger partial charge in [-0.3, -0.25) is 48.2 Å². The molecule has 0 bridgehead atoms. The molecule has 16 heteroatoms. The lowest BCUT2D eigenvalue weighted by molar-refractivity contribution is -0.145. The molecule has 0 saturated carbocycles. The van der Waals surface area contributed by atoms with Gasteiger partial charge in [0.05, 0.1) is 35.1 Å². The van der Waals surface area contributed by atoms with Crippen LogP contribution in [0.15, 0.2) is 121 Å². The Morgan fingerprint density at radius 3 is 1.24 bits per heavy atom. The van der Waals surface area contributed by atoms with E-state index in [2.05, 4.69) is 6.58 Å². The van der Waals surface area contributed by atoms with E-state index in [0.29, 0.717) is 47.0 Å². The molecule has 4 amide bonds. The molecule has 16 nitrogen and oxygen atoms in total. The Bertz CT molecular complexity index is 2370. The molecule has 66 heavy (non-hydrogen) atoms. The zero-order valence-corrected chi connectivity index (χ0v) is 37.2. The van der Waals surface area contributed by atoms with Crippen molar-refractivity contribution in [1.29, 1.82) is 0 Å². The van der Waals surface area contributed by atoms with Crippen LogP contribution in [-0.2, 0) is 23.8 Å².